The third-order valence-corrected chi connectivity index (χ3v) is 8.89. The van der Waals surface area contributed by atoms with Crippen molar-refractivity contribution in [3.63, 3.8) is 0 Å². The minimum atomic E-state index is -4.98. The Morgan fingerprint density at radius 2 is 1.93 bits per heavy atom. The van der Waals surface area contributed by atoms with Crippen LogP contribution in [-0.4, -0.2) is 50.6 Å². The summed E-state index contributed by atoms with van der Waals surface area (Å²) in [4.78, 5) is 11.5. The van der Waals surface area contributed by atoms with Crippen LogP contribution in [0.4, 0.5) is 17.6 Å². The van der Waals surface area contributed by atoms with Gasteiger partial charge in [0.05, 0.1) is 31.0 Å². The predicted octanol–water partition coefficient (Wildman–Crippen LogP) is 6.25. The normalized spacial score (nSPS) is 23.0. The molecule has 43 heavy (non-hydrogen) atoms. The summed E-state index contributed by atoms with van der Waals surface area (Å²) in [5.41, 5.74) is 3.04. The van der Waals surface area contributed by atoms with Crippen LogP contribution in [0.3, 0.4) is 0 Å². The number of halogens is 4. The Morgan fingerprint density at radius 3 is 2.63 bits per heavy atom. The number of carboxylic acid groups (broad SMARTS) is 1. The van der Waals surface area contributed by atoms with Crippen molar-refractivity contribution in [2.24, 2.45) is 17.8 Å². The van der Waals surface area contributed by atoms with Crippen molar-refractivity contribution in [1.82, 2.24) is 0 Å². The number of carbonyl (C=O) groups is 1. The van der Waals surface area contributed by atoms with E-state index in [1.807, 2.05) is 12.2 Å². The maximum atomic E-state index is 14.9. The van der Waals surface area contributed by atoms with Crippen LogP contribution >= 0.6 is 0 Å². The van der Waals surface area contributed by atoms with E-state index in [1.165, 1.54) is 24.3 Å². The van der Waals surface area contributed by atoms with E-state index in [-0.39, 0.29) is 65.6 Å². The van der Waals surface area contributed by atoms with Crippen LogP contribution in [0, 0.1) is 23.6 Å². The molecule has 0 aliphatic heterocycles. The fourth-order valence-electron chi connectivity index (χ4n) is 5.81. The van der Waals surface area contributed by atoms with Gasteiger partial charge in [-0.25, -0.2) is 12.8 Å². The maximum absolute atomic E-state index is 14.9. The molecule has 0 bridgehead atoms. The van der Waals surface area contributed by atoms with Crippen molar-refractivity contribution >= 4 is 15.8 Å². The molecule has 0 saturated heterocycles. The summed E-state index contributed by atoms with van der Waals surface area (Å²) < 4.78 is 93.0. The van der Waals surface area contributed by atoms with Crippen molar-refractivity contribution in [3.05, 3.63) is 83.2 Å². The van der Waals surface area contributed by atoms with Gasteiger partial charge in [-0.3, -0.25) is 4.79 Å². The van der Waals surface area contributed by atoms with Gasteiger partial charge >= 0.3 is 12.3 Å². The highest BCUT2D eigenvalue weighted by Crippen LogP contribution is 2.63. The number of hydrogen-bond donors (Lipinski definition) is 1. The molecule has 4 unspecified atom stereocenters. The number of benzene rings is 2. The van der Waals surface area contributed by atoms with Crippen LogP contribution in [0.2, 0.25) is 0 Å². The van der Waals surface area contributed by atoms with Crippen LogP contribution in [0.25, 0.3) is 11.1 Å². The minimum Gasteiger partial charge on any atom is -0.494 e. The molecule has 12 heteroatoms. The first kappa shape index (κ1) is 30.8. The van der Waals surface area contributed by atoms with E-state index in [0.717, 1.165) is 35.1 Å². The Morgan fingerprint density at radius 1 is 1.16 bits per heavy atom. The van der Waals surface area contributed by atoms with E-state index in [0.29, 0.717) is 12.8 Å². The highest BCUT2D eigenvalue weighted by atomic mass is 32.2. The zero-order valence-electron chi connectivity index (χ0n) is 23.2. The summed E-state index contributed by atoms with van der Waals surface area (Å²) in [7, 11) is -3.20. The van der Waals surface area contributed by atoms with Gasteiger partial charge in [0.25, 0.3) is 0 Å². The van der Waals surface area contributed by atoms with E-state index < -0.39 is 39.8 Å². The standard InChI is InChI=1S/C31H30F4O7S/c1-17-4-7-22-19(13-24-28(22)29(24)30(36)37)14-27(17)41-16-20-12-18(5-8-25(20)32)23-15-21(40-10-3-11-43(2,38)39)6-9-26(23)42-31(33,34)35/h5-9,12,14-15,24,27-29H,1,3-4,10-11,13,16H2,2H3,(H,36,37). The van der Waals surface area contributed by atoms with Crippen molar-refractivity contribution in [2.45, 2.75) is 38.3 Å². The number of aliphatic carboxylic acids is 1. The summed E-state index contributed by atoms with van der Waals surface area (Å²) in [6.45, 7) is 3.89. The smallest absolute Gasteiger partial charge is 0.494 e. The van der Waals surface area contributed by atoms with E-state index in [9.17, 15) is 35.9 Å². The first-order chi connectivity index (χ1) is 20.2. The van der Waals surface area contributed by atoms with Gasteiger partial charge in [0.1, 0.15) is 27.2 Å². The third-order valence-electron chi connectivity index (χ3n) is 7.86. The molecular weight excluding hydrogens is 592 g/mol. The molecule has 2 saturated carbocycles. The minimum absolute atomic E-state index is 0.00281. The van der Waals surface area contributed by atoms with Gasteiger partial charge < -0.3 is 19.3 Å². The van der Waals surface area contributed by atoms with Gasteiger partial charge in [-0.15, -0.1) is 13.2 Å². The first-order valence-corrected chi connectivity index (χ1v) is 15.7. The van der Waals surface area contributed by atoms with Crippen molar-refractivity contribution in [3.8, 4) is 22.6 Å². The first-order valence-electron chi connectivity index (χ1n) is 13.6. The van der Waals surface area contributed by atoms with Crippen LogP contribution in [0.5, 0.6) is 11.5 Å². The maximum Gasteiger partial charge on any atom is 0.573 e. The Kier molecular flexibility index (Phi) is 8.45. The lowest BCUT2D eigenvalue weighted by atomic mass is 10.00. The predicted molar refractivity (Wildman–Crippen MR) is 150 cm³/mol. The summed E-state index contributed by atoms with van der Waals surface area (Å²) >= 11 is 0. The number of carboxylic acids is 1. The number of alkyl halides is 3. The summed E-state index contributed by atoms with van der Waals surface area (Å²) in [6.07, 6.45) is 0.734. The number of ether oxygens (including phenoxy) is 3. The highest BCUT2D eigenvalue weighted by Gasteiger charge is 2.61. The molecule has 0 amide bonds. The third kappa shape index (κ3) is 7.30. The van der Waals surface area contributed by atoms with Gasteiger partial charge in [0, 0.05) is 23.3 Å². The average molecular weight is 623 g/mol. The van der Waals surface area contributed by atoms with Gasteiger partial charge in [0.15, 0.2) is 0 Å². The molecule has 0 spiro atoms. The SMILES string of the molecule is C=C1CC=C2C(=CC1OCc1cc(-c3cc(OCCCS(C)(=O)=O)ccc3OC(F)(F)F)ccc1F)CC1C(C(=O)O)C21. The zero-order chi connectivity index (χ0) is 31.1. The second kappa shape index (κ2) is 11.8. The molecule has 7 nitrogen and oxygen atoms in total. The van der Waals surface area contributed by atoms with Gasteiger partial charge in [-0.1, -0.05) is 18.7 Å². The number of fused-ring (bicyclic) bond motifs is 3. The molecule has 230 valence electrons. The fraction of sp³-hybridized carbons (Fsp3) is 0.387. The molecule has 2 fully saturated rings. The molecule has 0 radical (unpaired) electrons. The molecule has 5 rings (SSSR count). The summed E-state index contributed by atoms with van der Waals surface area (Å²) in [5, 5.41) is 9.41. The van der Waals surface area contributed by atoms with Crippen LogP contribution < -0.4 is 9.47 Å². The second-order valence-corrected chi connectivity index (χ2v) is 13.3. The molecule has 2 aromatic carbocycles. The quantitative estimate of drug-likeness (QED) is 0.180. The number of allylic oxidation sites excluding steroid dienone is 3. The summed E-state index contributed by atoms with van der Waals surface area (Å²) in [6, 6.07) is 7.50. The Labute approximate surface area is 246 Å². The lowest BCUT2D eigenvalue weighted by Crippen LogP contribution is -2.17. The molecule has 1 N–H and O–H groups in total. The average Bonchev–Trinajstić information content (AvgIpc) is 3.55. The fourth-order valence-corrected chi connectivity index (χ4v) is 6.45. The van der Waals surface area contributed by atoms with E-state index >= 15 is 0 Å². The molecule has 0 heterocycles. The molecule has 3 aliphatic carbocycles. The van der Waals surface area contributed by atoms with Crippen LogP contribution in [0.15, 0.2) is 71.8 Å². The lowest BCUT2D eigenvalue weighted by molar-refractivity contribution is -0.274. The van der Waals surface area contributed by atoms with Crippen molar-refractivity contribution in [1.29, 1.82) is 0 Å². The monoisotopic (exact) mass is 622 g/mol. The van der Waals surface area contributed by atoms with Gasteiger partial charge in [0.2, 0.25) is 0 Å². The second-order valence-electron chi connectivity index (χ2n) is 11.0. The molecular formula is C31H30F4O7S. The van der Waals surface area contributed by atoms with Crippen LogP contribution in [0.1, 0.15) is 24.8 Å². The number of rotatable bonds is 11. The number of hydrogen-bond acceptors (Lipinski definition) is 6. The molecule has 0 aromatic heterocycles. The van der Waals surface area contributed by atoms with Crippen molar-refractivity contribution < 1.29 is 50.1 Å². The van der Waals surface area contributed by atoms with Crippen molar-refractivity contribution in [2.75, 3.05) is 18.6 Å². The molecule has 4 atom stereocenters. The Bertz CT molecular complexity index is 1610. The number of sulfone groups is 1. The topological polar surface area (TPSA) is 99.1 Å². The Balaban J connectivity index is 1.34. The van der Waals surface area contributed by atoms with Crippen LogP contribution in [-0.2, 0) is 26.0 Å². The van der Waals surface area contributed by atoms with Gasteiger partial charge in [-0.2, -0.15) is 0 Å². The zero-order valence-corrected chi connectivity index (χ0v) is 24.0. The van der Waals surface area contributed by atoms with E-state index in [2.05, 4.69) is 11.3 Å². The highest BCUT2D eigenvalue weighted by molar-refractivity contribution is 7.90. The van der Waals surface area contributed by atoms with E-state index in [1.54, 1.807) is 0 Å². The van der Waals surface area contributed by atoms with Gasteiger partial charge in [-0.05, 0) is 83.9 Å². The Hall–Kier alpha value is -3.64. The molecule has 3 aliphatic rings. The lowest BCUT2D eigenvalue weighted by Gasteiger charge is -2.18. The molecule has 2 aromatic rings. The summed E-state index contributed by atoms with van der Waals surface area (Å²) in [5.74, 6) is -2.16. The van der Waals surface area contributed by atoms with E-state index in [4.69, 9.17) is 9.47 Å². The largest absolute Gasteiger partial charge is 0.573 e.